The highest BCUT2D eigenvalue weighted by molar-refractivity contribution is 9.10. The lowest BCUT2D eigenvalue weighted by Gasteiger charge is -2.18. The molecule has 0 radical (unpaired) electrons. The molecular weight excluding hydrogens is 386 g/mol. The molecular formula is C17H18BrN5O2. The number of anilines is 1. The van der Waals surface area contributed by atoms with Crippen LogP contribution < -0.4 is 5.32 Å². The first kappa shape index (κ1) is 17.3. The van der Waals surface area contributed by atoms with E-state index < -0.39 is 6.09 Å². The van der Waals surface area contributed by atoms with Crippen LogP contribution in [0.3, 0.4) is 0 Å². The molecule has 0 saturated heterocycles. The van der Waals surface area contributed by atoms with Crippen molar-refractivity contribution in [2.75, 3.05) is 11.9 Å². The molecule has 8 heteroatoms. The summed E-state index contributed by atoms with van der Waals surface area (Å²) in [5.74, 6) is 0.572. The number of nitrogens with one attached hydrogen (secondary N) is 1. The molecule has 3 rings (SSSR count). The van der Waals surface area contributed by atoms with Crippen LogP contribution in [0.5, 0.6) is 0 Å². The van der Waals surface area contributed by atoms with E-state index in [1.165, 1.54) is 0 Å². The van der Waals surface area contributed by atoms with Gasteiger partial charge in [0.1, 0.15) is 0 Å². The third-order valence-electron chi connectivity index (χ3n) is 3.19. The second-order valence-corrected chi connectivity index (χ2v) is 7.72. The van der Waals surface area contributed by atoms with Gasteiger partial charge in [-0.25, -0.2) is 19.4 Å². The van der Waals surface area contributed by atoms with Crippen molar-refractivity contribution in [2.24, 2.45) is 5.41 Å². The number of carbonyl (C=O) groups excluding carboxylic acids is 1. The molecule has 0 aliphatic carbocycles. The van der Waals surface area contributed by atoms with Crippen molar-refractivity contribution in [2.45, 2.75) is 20.8 Å². The summed E-state index contributed by atoms with van der Waals surface area (Å²) >= 11 is 3.39. The number of pyridine rings is 2. The number of amides is 1. The van der Waals surface area contributed by atoms with Gasteiger partial charge in [0.2, 0.25) is 0 Å². The number of fused-ring (bicyclic) bond motifs is 1. The Kier molecular flexibility index (Phi) is 4.71. The summed E-state index contributed by atoms with van der Waals surface area (Å²) in [6.45, 7) is 6.33. The van der Waals surface area contributed by atoms with Crippen molar-refractivity contribution in [3.8, 4) is 5.82 Å². The van der Waals surface area contributed by atoms with Gasteiger partial charge in [-0.2, -0.15) is 0 Å². The Balaban J connectivity index is 1.77. The van der Waals surface area contributed by atoms with Crippen molar-refractivity contribution in [1.82, 2.24) is 19.7 Å². The fraction of sp³-hybridized carbons (Fsp3) is 0.294. The van der Waals surface area contributed by atoms with E-state index >= 15 is 0 Å². The fourth-order valence-corrected chi connectivity index (χ4v) is 2.41. The van der Waals surface area contributed by atoms with Crippen molar-refractivity contribution in [3.05, 3.63) is 41.3 Å². The van der Waals surface area contributed by atoms with E-state index in [1.807, 2.05) is 33.0 Å². The Morgan fingerprint density at radius 2 is 2.12 bits per heavy atom. The van der Waals surface area contributed by atoms with E-state index in [1.54, 1.807) is 29.2 Å². The number of hydrogen-bond acceptors (Lipinski definition) is 5. The van der Waals surface area contributed by atoms with Crippen LogP contribution in [0.1, 0.15) is 20.8 Å². The molecule has 0 bridgehead atoms. The summed E-state index contributed by atoms with van der Waals surface area (Å²) in [5.41, 5.74) is 1.11. The molecule has 3 heterocycles. The van der Waals surface area contributed by atoms with Gasteiger partial charge in [0.25, 0.3) is 0 Å². The zero-order valence-electron chi connectivity index (χ0n) is 14.2. The van der Waals surface area contributed by atoms with Gasteiger partial charge < -0.3 is 4.74 Å². The van der Waals surface area contributed by atoms with Gasteiger partial charge in [-0.1, -0.05) is 20.8 Å². The molecule has 0 atom stereocenters. The lowest BCUT2D eigenvalue weighted by Crippen LogP contribution is -2.22. The zero-order chi connectivity index (χ0) is 18.0. The molecule has 25 heavy (non-hydrogen) atoms. The van der Waals surface area contributed by atoms with Crippen molar-refractivity contribution in [3.63, 3.8) is 0 Å². The number of aromatic nitrogens is 4. The van der Waals surface area contributed by atoms with Crippen molar-refractivity contribution >= 4 is 38.7 Å². The summed E-state index contributed by atoms with van der Waals surface area (Å²) in [6.07, 6.45) is 4.63. The molecule has 0 aliphatic rings. The van der Waals surface area contributed by atoms with E-state index in [0.717, 1.165) is 9.86 Å². The Morgan fingerprint density at radius 1 is 1.32 bits per heavy atom. The van der Waals surface area contributed by atoms with Crippen LogP contribution in [0.2, 0.25) is 0 Å². The summed E-state index contributed by atoms with van der Waals surface area (Å²) < 4.78 is 7.71. The lowest BCUT2D eigenvalue weighted by atomic mass is 9.99. The number of hydrogen-bond donors (Lipinski definition) is 1. The SMILES string of the molecule is CC(C)(C)COC(=O)Nc1ccnc(-n2cc3cc(Br)cnc3n2)c1. The van der Waals surface area contributed by atoms with E-state index in [4.69, 9.17) is 4.74 Å². The Morgan fingerprint density at radius 3 is 2.88 bits per heavy atom. The molecule has 0 saturated carbocycles. The van der Waals surface area contributed by atoms with Gasteiger partial charge >= 0.3 is 6.09 Å². The molecule has 0 unspecified atom stereocenters. The number of rotatable bonds is 3. The average Bonchev–Trinajstić information content (AvgIpc) is 2.96. The van der Waals surface area contributed by atoms with Gasteiger partial charge in [0.15, 0.2) is 11.5 Å². The van der Waals surface area contributed by atoms with Crippen molar-refractivity contribution in [1.29, 1.82) is 0 Å². The first-order valence-corrected chi connectivity index (χ1v) is 8.51. The molecule has 130 valence electrons. The van der Waals surface area contributed by atoms with Crippen LogP contribution in [-0.4, -0.2) is 32.4 Å². The quantitative estimate of drug-likeness (QED) is 0.709. The van der Waals surface area contributed by atoms with Crippen LogP contribution >= 0.6 is 15.9 Å². The Hall–Kier alpha value is -2.48. The summed E-state index contributed by atoms with van der Waals surface area (Å²) in [6, 6.07) is 5.34. The van der Waals surface area contributed by atoms with Crippen LogP contribution in [-0.2, 0) is 4.74 Å². The monoisotopic (exact) mass is 403 g/mol. The van der Waals surface area contributed by atoms with Crippen LogP contribution in [0, 0.1) is 5.41 Å². The summed E-state index contributed by atoms with van der Waals surface area (Å²) in [5, 5.41) is 7.98. The van der Waals surface area contributed by atoms with Gasteiger partial charge in [0, 0.05) is 40.2 Å². The molecule has 0 aromatic carbocycles. The van der Waals surface area contributed by atoms with E-state index in [-0.39, 0.29) is 5.41 Å². The topological polar surface area (TPSA) is 81.9 Å². The molecule has 1 N–H and O–H groups in total. The summed E-state index contributed by atoms with van der Waals surface area (Å²) in [7, 11) is 0. The lowest BCUT2D eigenvalue weighted by molar-refractivity contribution is 0.118. The van der Waals surface area contributed by atoms with Crippen LogP contribution in [0.4, 0.5) is 10.5 Å². The predicted molar refractivity (Wildman–Crippen MR) is 98.8 cm³/mol. The number of halogens is 1. The minimum absolute atomic E-state index is 0.0861. The molecule has 1 amide bonds. The number of ether oxygens (including phenoxy) is 1. The van der Waals surface area contributed by atoms with E-state index in [2.05, 4.69) is 36.3 Å². The standard InChI is InChI=1S/C17H18BrN5O2/c1-17(2,3)10-25-16(24)21-13-4-5-19-14(7-13)23-9-11-6-12(18)8-20-15(11)22-23/h4-9H,10H2,1-3H3,(H,19,21,24). The van der Waals surface area contributed by atoms with E-state index in [0.29, 0.717) is 23.8 Å². The largest absolute Gasteiger partial charge is 0.449 e. The molecule has 0 aliphatic heterocycles. The third kappa shape index (κ3) is 4.54. The maximum Gasteiger partial charge on any atom is 0.411 e. The minimum atomic E-state index is -0.497. The first-order chi connectivity index (χ1) is 11.8. The highest BCUT2D eigenvalue weighted by Gasteiger charge is 2.14. The third-order valence-corrected chi connectivity index (χ3v) is 3.62. The Bertz CT molecular complexity index is 917. The summed E-state index contributed by atoms with van der Waals surface area (Å²) in [4.78, 5) is 20.4. The van der Waals surface area contributed by atoms with Gasteiger partial charge in [0.05, 0.1) is 6.61 Å². The predicted octanol–water partition coefficient (Wildman–Crippen LogP) is 4.17. The number of carbonyl (C=O) groups is 1. The highest BCUT2D eigenvalue weighted by atomic mass is 79.9. The van der Waals surface area contributed by atoms with Gasteiger partial charge in [-0.3, -0.25) is 5.32 Å². The fourth-order valence-electron chi connectivity index (χ4n) is 2.06. The molecule has 0 fully saturated rings. The maximum absolute atomic E-state index is 11.9. The number of nitrogens with zero attached hydrogens (tertiary/aromatic N) is 4. The molecule has 3 aromatic heterocycles. The van der Waals surface area contributed by atoms with Gasteiger partial charge in [-0.05, 0) is 33.5 Å². The Labute approximate surface area is 153 Å². The zero-order valence-corrected chi connectivity index (χ0v) is 15.7. The van der Waals surface area contributed by atoms with Crippen molar-refractivity contribution < 1.29 is 9.53 Å². The highest BCUT2D eigenvalue weighted by Crippen LogP contribution is 2.19. The van der Waals surface area contributed by atoms with Crippen LogP contribution in [0.25, 0.3) is 16.9 Å². The second-order valence-electron chi connectivity index (χ2n) is 6.80. The molecule has 3 aromatic rings. The van der Waals surface area contributed by atoms with Crippen LogP contribution in [0.15, 0.2) is 41.3 Å². The molecule has 7 nitrogen and oxygen atoms in total. The minimum Gasteiger partial charge on any atom is -0.449 e. The smallest absolute Gasteiger partial charge is 0.411 e. The second kappa shape index (κ2) is 6.79. The average molecular weight is 404 g/mol. The first-order valence-electron chi connectivity index (χ1n) is 7.71. The van der Waals surface area contributed by atoms with E-state index in [9.17, 15) is 4.79 Å². The normalized spacial score (nSPS) is 11.5. The molecule has 0 spiro atoms. The maximum atomic E-state index is 11.9. The van der Waals surface area contributed by atoms with Gasteiger partial charge in [-0.15, -0.1) is 5.10 Å².